The topological polar surface area (TPSA) is 75.4 Å². The number of nitro groups is 1. The van der Waals surface area contributed by atoms with Crippen LogP contribution in [0.5, 0.6) is 0 Å². The molecule has 110 valence electrons. The van der Waals surface area contributed by atoms with Crippen molar-refractivity contribution in [3.63, 3.8) is 0 Å². The monoisotopic (exact) mass is 286 g/mol. The average molecular weight is 286 g/mol. The van der Waals surface area contributed by atoms with Gasteiger partial charge < -0.3 is 10.4 Å². The summed E-state index contributed by atoms with van der Waals surface area (Å²) < 4.78 is 0. The zero-order valence-corrected chi connectivity index (χ0v) is 11.6. The van der Waals surface area contributed by atoms with Gasteiger partial charge in [0.05, 0.1) is 11.5 Å². The molecule has 1 atom stereocenters. The summed E-state index contributed by atoms with van der Waals surface area (Å²) in [4.78, 5) is 10.6. The van der Waals surface area contributed by atoms with Crippen molar-refractivity contribution in [2.75, 3.05) is 6.61 Å². The Morgan fingerprint density at radius 3 is 2.43 bits per heavy atom. The predicted molar refractivity (Wildman–Crippen MR) is 81.0 cm³/mol. The second-order valence-electron chi connectivity index (χ2n) is 4.84. The first-order chi connectivity index (χ1) is 10.2. The van der Waals surface area contributed by atoms with E-state index < -0.39 is 0 Å². The molecule has 2 N–H and O–H groups in total. The van der Waals surface area contributed by atoms with E-state index in [1.165, 1.54) is 6.07 Å². The Morgan fingerprint density at radius 2 is 1.76 bits per heavy atom. The van der Waals surface area contributed by atoms with E-state index in [-0.39, 0.29) is 23.3 Å². The van der Waals surface area contributed by atoms with Gasteiger partial charge in [-0.05, 0) is 12.0 Å². The number of para-hydroxylation sites is 1. The second-order valence-corrected chi connectivity index (χ2v) is 4.84. The van der Waals surface area contributed by atoms with Crippen molar-refractivity contribution in [1.29, 1.82) is 0 Å². The Morgan fingerprint density at radius 1 is 1.10 bits per heavy atom. The summed E-state index contributed by atoms with van der Waals surface area (Å²) in [6.07, 6.45) is 0.679. The molecule has 0 saturated heterocycles. The number of hydrogen-bond acceptors (Lipinski definition) is 4. The van der Waals surface area contributed by atoms with E-state index in [0.717, 1.165) is 5.56 Å². The number of aliphatic hydroxyl groups is 1. The van der Waals surface area contributed by atoms with Gasteiger partial charge in [-0.3, -0.25) is 10.1 Å². The number of rotatable bonds is 7. The molecule has 2 aromatic rings. The minimum absolute atomic E-state index is 0.0183. The number of nitro benzene ring substituents is 1. The largest absolute Gasteiger partial charge is 0.395 e. The third-order valence-electron chi connectivity index (χ3n) is 3.31. The van der Waals surface area contributed by atoms with Crippen LogP contribution in [0.1, 0.15) is 11.1 Å². The quantitative estimate of drug-likeness (QED) is 0.605. The highest BCUT2D eigenvalue weighted by atomic mass is 16.6. The van der Waals surface area contributed by atoms with Gasteiger partial charge in [0.25, 0.3) is 5.69 Å². The van der Waals surface area contributed by atoms with Crippen molar-refractivity contribution in [2.24, 2.45) is 0 Å². The molecule has 0 aliphatic carbocycles. The maximum absolute atomic E-state index is 11.0. The first kappa shape index (κ1) is 15.2. The predicted octanol–water partition coefficient (Wildman–Crippen LogP) is 2.29. The summed E-state index contributed by atoms with van der Waals surface area (Å²) in [5, 5.41) is 23.6. The van der Waals surface area contributed by atoms with Crippen LogP contribution in [0, 0.1) is 10.1 Å². The van der Waals surface area contributed by atoms with Crippen LogP contribution >= 0.6 is 0 Å². The van der Waals surface area contributed by atoms with Gasteiger partial charge >= 0.3 is 0 Å². The maximum Gasteiger partial charge on any atom is 0.273 e. The van der Waals surface area contributed by atoms with E-state index in [1.54, 1.807) is 18.2 Å². The molecule has 0 aromatic heterocycles. The standard InChI is InChI=1S/C16H18N2O3/c19-12-15(10-13-6-2-1-3-7-13)17-11-14-8-4-5-9-16(14)18(20)21/h1-9,15,17,19H,10-12H2/t15-/m0/s1. The van der Waals surface area contributed by atoms with Crippen molar-refractivity contribution in [3.05, 3.63) is 75.8 Å². The highest BCUT2D eigenvalue weighted by Crippen LogP contribution is 2.17. The molecule has 2 aromatic carbocycles. The lowest BCUT2D eigenvalue weighted by molar-refractivity contribution is -0.385. The third-order valence-corrected chi connectivity index (χ3v) is 3.31. The minimum Gasteiger partial charge on any atom is -0.395 e. The molecule has 0 bridgehead atoms. The highest BCUT2D eigenvalue weighted by molar-refractivity contribution is 5.39. The van der Waals surface area contributed by atoms with Gasteiger partial charge in [-0.1, -0.05) is 48.5 Å². The molecule has 0 aliphatic heterocycles. The van der Waals surface area contributed by atoms with Crippen molar-refractivity contribution >= 4 is 5.69 Å². The molecule has 2 rings (SSSR count). The van der Waals surface area contributed by atoms with Crippen molar-refractivity contribution < 1.29 is 10.0 Å². The van der Waals surface area contributed by atoms with E-state index in [2.05, 4.69) is 5.32 Å². The Kier molecular flexibility index (Phi) is 5.43. The smallest absolute Gasteiger partial charge is 0.273 e. The summed E-state index contributed by atoms with van der Waals surface area (Å²) >= 11 is 0. The zero-order chi connectivity index (χ0) is 15.1. The van der Waals surface area contributed by atoms with E-state index in [9.17, 15) is 15.2 Å². The summed E-state index contributed by atoms with van der Waals surface area (Å²) in [7, 11) is 0. The molecule has 0 saturated carbocycles. The van der Waals surface area contributed by atoms with Crippen molar-refractivity contribution in [3.8, 4) is 0 Å². The fourth-order valence-corrected chi connectivity index (χ4v) is 2.19. The van der Waals surface area contributed by atoms with Crippen LogP contribution in [0.15, 0.2) is 54.6 Å². The van der Waals surface area contributed by atoms with E-state index in [4.69, 9.17) is 0 Å². The number of nitrogens with one attached hydrogen (secondary N) is 1. The lowest BCUT2D eigenvalue weighted by Gasteiger charge is -2.16. The Hall–Kier alpha value is -2.24. The van der Waals surface area contributed by atoms with E-state index in [1.807, 2.05) is 30.3 Å². The van der Waals surface area contributed by atoms with Gasteiger partial charge in [-0.25, -0.2) is 0 Å². The fraction of sp³-hybridized carbons (Fsp3) is 0.250. The first-order valence-corrected chi connectivity index (χ1v) is 6.81. The van der Waals surface area contributed by atoms with Crippen LogP contribution in [-0.2, 0) is 13.0 Å². The number of nitrogens with zero attached hydrogens (tertiary/aromatic N) is 1. The Balaban J connectivity index is 1.99. The summed E-state index contributed by atoms with van der Waals surface area (Å²) in [6, 6.07) is 16.3. The molecule has 0 unspecified atom stereocenters. The molecule has 0 aliphatic rings. The van der Waals surface area contributed by atoms with Crippen molar-refractivity contribution in [1.82, 2.24) is 5.32 Å². The lowest BCUT2D eigenvalue weighted by Crippen LogP contribution is -2.34. The summed E-state index contributed by atoms with van der Waals surface area (Å²) in [5.41, 5.74) is 1.84. The molecule has 0 radical (unpaired) electrons. The van der Waals surface area contributed by atoms with E-state index in [0.29, 0.717) is 18.5 Å². The molecular weight excluding hydrogens is 268 g/mol. The van der Waals surface area contributed by atoms with Crippen LogP contribution in [0.4, 0.5) is 5.69 Å². The summed E-state index contributed by atoms with van der Waals surface area (Å²) in [6.45, 7) is 0.338. The molecule has 0 fully saturated rings. The van der Waals surface area contributed by atoms with Crippen LogP contribution in [0.25, 0.3) is 0 Å². The van der Waals surface area contributed by atoms with Crippen LogP contribution in [-0.4, -0.2) is 22.7 Å². The molecule has 0 spiro atoms. The molecule has 5 nitrogen and oxygen atoms in total. The third kappa shape index (κ3) is 4.37. The van der Waals surface area contributed by atoms with Crippen LogP contribution in [0.2, 0.25) is 0 Å². The van der Waals surface area contributed by atoms with Gasteiger partial charge in [0.1, 0.15) is 0 Å². The SMILES string of the molecule is O=[N+]([O-])c1ccccc1CN[C@H](CO)Cc1ccccc1. The molecule has 21 heavy (non-hydrogen) atoms. The second kappa shape index (κ2) is 7.52. The van der Waals surface area contributed by atoms with Crippen molar-refractivity contribution in [2.45, 2.75) is 19.0 Å². The number of aliphatic hydroxyl groups excluding tert-OH is 1. The normalized spacial score (nSPS) is 12.0. The van der Waals surface area contributed by atoms with Gasteiger partial charge in [0, 0.05) is 24.2 Å². The highest BCUT2D eigenvalue weighted by Gasteiger charge is 2.14. The summed E-state index contributed by atoms with van der Waals surface area (Å²) in [5.74, 6) is 0. The number of benzene rings is 2. The van der Waals surface area contributed by atoms with E-state index >= 15 is 0 Å². The van der Waals surface area contributed by atoms with Crippen LogP contribution in [0.3, 0.4) is 0 Å². The van der Waals surface area contributed by atoms with Crippen LogP contribution < -0.4 is 5.32 Å². The maximum atomic E-state index is 11.0. The van der Waals surface area contributed by atoms with Gasteiger partial charge in [-0.15, -0.1) is 0 Å². The Labute approximate surface area is 123 Å². The minimum atomic E-state index is -0.387. The van der Waals surface area contributed by atoms with Gasteiger partial charge in [0.15, 0.2) is 0 Å². The first-order valence-electron chi connectivity index (χ1n) is 6.81. The average Bonchev–Trinajstić information content (AvgIpc) is 2.52. The molecule has 0 amide bonds. The van der Waals surface area contributed by atoms with Gasteiger partial charge in [0.2, 0.25) is 0 Å². The molecule has 5 heteroatoms. The lowest BCUT2D eigenvalue weighted by atomic mass is 10.1. The fourth-order valence-electron chi connectivity index (χ4n) is 2.19. The number of hydrogen-bond donors (Lipinski definition) is 2. The molecular formula is C16H18N2O3. The molecule has 0 heterocycles. The zero-order valence-electron chi connectivity index (χ0n) is 11.6. The van der Waals surface area contributed by atoms with Gasteiger partial charge in [-0.2, -0.15) is 0 Å². The Bertz CT molecular complexity index is 587.